The van der Waals surface area contributed by atoms with Gasteiger partial charge in [0, 0.05) is 12.4 Å². The first-order valence-corrected chi connectivity index (χ1v) is 11.0. The van der Waals surface area contributed by atoms with E-state index in [9.17, 15) is 0 Å². The maximum Gasteiger partial charge on any atom is 0.119 e. The summed E-state index contributed by atoms with van der Waals surface area (Å²) in [5.41, 5.74) is 5.24. The molecule has 31 heavy (non-hydrogen) atoms. The third-order valence-electron chi connectivity index (χ3n) is 5.91. The second-order valence-corrected chi connectivity index (χ2v) is 7.93. The highest BCUT2D eigenvalue weighted by atomic mass is 16.5. The van der Waals surface area contributed by atoms with Crippen molar-refractivity contribution >= 4 is 0 Å². The lowest BCUT2D eigenvalue weighted by Gasteiger charge is -2.28. The summed E-state index contributed by atoms with van der Waals surface area (Å²) in [5.74, 6) is 1.73. The number of pyridine rings is 1. The Hall–Kier alpha value is -3.39. The number of hydrogen-bond acceptors (Lipinski definition) is 2. The van der Waals surface area contributed by atoms with Crippen molar-refractivity contribution in [3.8, 4) is 5.75 Å². The standard InChI is InChI=1S/C29H29NO/c1-2-28(25-13-15-27(16-14-25)31-22-24-11-7-4-8-12-24)29(26-17-19-30-20-18-26)21-23-9-5-3-6-10-23/h3-20,28-29H,2,21-22H2,1H3/t28-,29-/m1/s1. The zero-order valence-corrected chi connectivity index (χ0v) is 18.0. The van der Waals surface area contributed by atoms with Crippen LogP contribution < -0.4 is 4.74 Å². The molecule has 0 amide bonds. The fourth-order valence-electron chi connectivity index (χ4n) is 4.28. The molecule has 0 saturated heterocycles. The second-order valence-electron chi connectivity index (χ2n) is 7.93. The highest BCUT2D eigenvalue weighted by Gasteiger charge is 2.24. The molecule has 1 heterocycles. The van der Waals surface area contributed by atoms with Crippen LogP contribution in [0.4, 0.5) is 0 Å². The van der Waals surface area contributed by atoms with E-state index in [4.69, 9.17) is 4.74 Å². The van der Waals surface area contributed by atoms with Gasteiger partial charge in [-0.1, -0.05) is 79.7 Å². The molecule has 2 nitrogen and oxygen atoms in total. The molecule has 0 saturated carbocycles. The number of ether oxygens (including phenoxy) is 1. The second kappa shape index (κ2) is 10.6. The van der Waals surface area contributed by atoms with Crippen LogP contribution in [0.25, 0.3) is 0 Å². The van der Waals surface area contributed by atoms with E-state index in [-0.39, 0.29) is 0 Å². The van der Waals surface area contributed by atoms with Crippen LogP contribution in [0.15, 0.2) is 109 Å². The molecule has 2 heteroatoms. The molecule has 0 unspecified atom stereocenters. The molecule has 0 N–H and O–H groups in total. The van der Waals surface area contributed by atoms with Crippen LogP contribution in [0.2, 0.25) is 0 Å². The van der Waals surface area contributed by atoms with Crippen molar-refractivity contribution in [2.45, 2.75) is 38.2 Å². The van der Waals surface area contributed by atoms with E-state index >= 15 is 0 Å². The monoisotopic (exact) mass is 407 g/mol. The van der Waals surface area contributed by atoms with Gasteiger partial charge in [-0.05, 0) is 71.2 Å². The molecular weight excluding hydrogens is 378 g/mol. The van der Waals surface area contributed by atoms with Gasteiger partial charge in [0.1, 0.15) is 12.4 Å². The average Bonchev–Trinajstić information content (AvgIpc) is 2.85. The average molecular weight is 408 g/mol. The maximum absolute atomic E-state index is 5.99. The summed E-state index contributed by atoms with van der Waals surface area (Å²) in [7, 11) is 0. The van der Waals surface area contributed by atoms with Crippen molar-refractivity contribution in [1.29, 1.82) is 0 Å². The summed E-state index contributed by atoms with van der Waals surface area (Å²) < 4.78 is 5.99. The van der Waals surface area contributed by atoms with E-state index in [2.05, 4.69) is 90.8 Å². The van der Waals surface area contributed by atoms with Crippen molar-refractivity contribution < 1.29 is 4.74 Å². The van der Waals surface area contributed by atoms with Gasteiger partial charge in [0.15, 0.2) is 0 Å². The minimum atomic E-state index is 0.395. The molecule has 0 aliphatic heterocycles. The van der Waals surface area contributed by atoms with Crippen molar-refractivity contribution in [3.63, 3.8) is 0 Å². The number of aromatic nitrogens is 1. The van der Waals surface area contributed by atoms with Gasteiger partial charge < -0.3 is 4.74 Å². The van der Waals surface area contributed by atoms with Gasteiger partial charge in [-0.25, -0.2) is 0 Å². The van der Waals surface area contributed by atoms with E-state index in [0.717, 1.165) is 18.6 Å². The van der Waals surface area contributed by atoms with Crippen LogP contribution in [0.3, 0.4) is 0 Å². The molecule has 0 bridgehead atoms. The summed E-state index contributed by atoms with van der Waals surface area (Å²) in [6.07, 6.45) is 5.89. The lowest BCUT2D eigenvalue weighted by atomic mass is 9.77. The number of hydrogen-bond donors (Lipinski definition) is 0. The maximum atomic E-state index is 5.99. The van der Waals surface area contributed by atoms with Gasteiger partial charge in [-0.2, -0.15) is 0 Å². The van der Waals surface area contributed by atoms with Crippen molar-refractivity contribution in [1.82, 2.24) is 4.98 Å². The summed E-state index contributed by atoms with van der Waals surface area (Å²) in [6.45, 7) is 2.87. The molecule has 3 aromatic carbocycles. The van der Waals surface area contributed by atoms with E-state index in [1.807, 2.05) is 30.6 Å². The highest BCUT2D eigenvalue weighted by molar-refractivity contribution is 5.34. The zero-order chi connectivity index (χ0) is 21.3. The van der Waals surface area contributed by atoms with Gasteiger partial charge in [-0.3, -0.25) is 4.98 Å². The van der Waals surface area contributed by atoms with Crippen LogP contribution in [-0.2, 0) is 13.0 Å². The lowest BCUT2D eigenvalue weighted by Crippen LogP contribution is -2.14. The summed E-state index contributed by atoms with van der Waals surface area (Å²) in [4.78, 5) is 4.23. The van der Waals surface area contributed by atoms with Crippen LogP contribution in [0, 0.1) is 0 Å². The van der Waals surface area contributed by atoms with Crippen LogP contribution in [0.5, 0.6) is 5.75 Å². The molecule has 0 fully saturated rings. The van der Waals surface area contributed by atoms with E-state index < -0.39 is 0 Å². The fourth-order valence-corrected chi connectivity index (χ4v) is 4.28. The largest absolute Gasteiger partial charge is 0.489 e. The van der Waals surface area contributed by atoms with E-state index in [0.29, 0.717) is 18.4 Å². The van der Waals surface area contributed by atoms with Crippen LogP contribution in [-0.4, -0.2) is 4.98 Å². The SMILES string of the molecule is CC[C@H](c1ccc(OCc2ccccc2)cc1)[C@H](Cc1ccccc1)c1ccncc1. The van der Waals surface area contributed by atoms with Gasteiger partial charge >= 0.3 is 0 Å². The van der Waals surface area contributed by atoms with Gasteiger partial charge in [0.2, 0.25) is 0 Å². The quantitative estimate of drug-likeness (QED) is 0.293. The minimum Gasteiger partial charge on any atom is -0.489 e. The highest BCUT2D eigenvalue weighted by Crippen LogP contribution is 2.38. The van der Waals surface area contributed by atoms with Gasteiger partial charge in [-0.15, -0.1) is 0 Å². The van der Waals surface area contributed by atoms with Crippen LogP contribution in [0.1, 0.15) is 47.4 Å². The first-order chi connectivity index (χ1) is 15.3. The molecular formula is C29H29NO. The Bertz CT molecular complexity index is 1030. The number of benzene rings is 3. The molecule has 2 atom stereocenters. The Balaban J connectivity index is 1.54. The Morgan fingerprint density at radius 1 is 0.645 bits per heavy atom. The third kappa shape index (κ3) is 5.61. The third-order valence-corrected chi connectivity index (χ3v) is 5.91. The Kier molecular flexibility index (Phi) is 7.12. The van der Waals surface area contributed by atoms with Crippen molar-refractivity contribution in [2.75, 3.05) is 0 Å². The zero-order valence-electron chi connectivity index (χ0n) is 18.0. The predicted octanol–water partition coefficient (Wildman–Crippen LogP) is 7.18. The van der Waals surface area contributed by atoms with Gasteiger partial charge in [0.25, 0.3) is 0 Å². The topological polar surface area (TPSA) is 22.1 Å². The Morgan fingerprint density at radius 3 is 1.84 bits per heavy atom. The van der Waals surface area contributed by atoms with Crippen molar-refractivity contribution in [3.05, 3.63) is 132 Å². The molecule has 156 valence electrons. The number of rotatable bonds is 9. The smallest absolute Gasteiger partial charge is 0.119 e. The Morgan fingerprint density at radius 2 is 1.23 bits per heavy atom. The van der Waals surface area contributed by atoms with Crippen molar-refractivity contribution in [2.24, 2.45) is 0 Å². The van der Waals surface area contributed by atoms with E-state index in [1.165, 1.54) is 22.3 Å². The molecule has 4 aromatic rings. The molecule has 4 rings (SSSR count). The van der Waals surface area contributed by atoms with Crippen LogP contribution >= 0.6 is 0 Å². The molecule has 0 aliphatic rings. The fraction of sp³-hybridized carbons (Fsp3) is 0.207. The minimum absolute atomic E-state index is 0.395. The summed E-state index contributed by atoms with van der Waals surface area (Å²) >= 11 is 0. The molecule has 0 aliphatic carbocycles. The Labute approximate surface area is 185 Å². The predicted molar refractivity (Wildman–Crippen MR) is 127 cm³/mol. The van der Waals surface area contributed by atoms with Gasteiger partial charge in [0.05, 0.1) is 0 Å². The molecule has 1 aromatic heterocycles. The molecule has 0 spiro atoms. The lowest BCUT2D eigenvalue weighted by molar-refractivity contribution is 0.306. The first kappa shape index (κ1) is 20.9. The molecule has 0 radical (unpaired) electrons. The summed E-state index contributed by atoms with van der Waals surface area (Å²) in [6, 6.07) is 34.0. The first-order valence-electron chi connectivity index (χ1n) is 11.0. The normalized spacial score (nSPS) is 12.8. The number of nitrogens with zero attached hydrogens (tertiary/aromatic N) is 1. The van der Waals surface area contributed by atoms with E-state index in [1.54, 1.807) is 0 Å². The summed E-state index contributed by atoms with van der Waals surface area (Å²) in [5, 5.41) is 0.